The van der Waals surface area contributed by atoms with Crippen LogP contribution in [0.1, 0.15) is 37.6 Å². The summed E-state index contributed by atoms with van der Waals surface area (Å²) in [5.74, 6) is -0.415. The number of carbonyl (C=O) groups is 1. The smallest absolute Gasteiger partial charge is 0.248 e. The van der Waals surface area contributed by atoms with Gasteiger partial charge in [0, 0.05) is 22.1 Å². The minimum atomic E-state index is -3.82. The summed E-state index contributed by atoms with van der Waals surface area (Å²) in [7, 11) is -3.82. The van der Waals surface area contributed by atoms with E-state index in [2.05, 4.69) is 20.7 Å². The van der Waals surface area contributed by atoms with Crippen molar-refractivity contribution in [3.8, 4) is 0 Å². The summed E-state index contributed by atoms with van der Waals surface area (Å²) in [5.41, 5.74) is 10.3. The number of sulfonamides is 1. The van der Waals surface area contributed by atoms with Crippen molar-refractivity contribution in [2.75, 3.05) is 6.54 Å². The maximum Gasteiger partial charge on any atom is 0.248 e. The van der Waals surface area contributed by atoms with Crippen molar-refractivity contribution in [2.45, 2.75) is 37.6 Å². The Kier molecular flexibility index (Phi) is 8.19. The molecule has 0 radical (unpaired) electrons. The molecule has 0 bridgehead atoms. The number of benzene rings is 1. The number of primary amides is 1. The van der Waals surface area contributed by atoms with Crippen LogP contribution in [0.2, 0.25) is 0 Å². The number of amides is 1. The van der Waals surface area contributed by atoms with Gasteiger partial charge in [-0.2, -0.15) is 0 Å². The van der Waals surface area contributed by atoms with E-state index >= 15 is 0 Å². The maximum absolute atomic E-state index is 12.6. The Morgan fingerprint density at radius 1 is 1.35 bits per heavy atom. The van der Waals surface area contributed by atoms with Crippen LogP contribution in [-0.2, 0) is 10.0 Å². The normalized spacial score (nSPS) is 14.2. The van der Waals surface area contributed by atoms with Crippen LogP contribution in [0.5, 0.6) is 0 Å². The quantitative estimate of drug-likeness (QED) is 0.616. The lowest BCUT2D eigenvalue weighted by atomic mass is 9.92. The van der Waals surface area contributed by atoms with Gasteiger partial charge in [0.15, 0.2) is 0 Å². The average molecular weight is 429 g/mol. The van der Waals surface area contributed by atoms with E-state index in [0.717, 1.165) is 0 Å². The minimum Gasteiger partial charge on any atom is -0.366 e. The van der Waals surface area contributed by atoms with E-state index in [0.29, 0.717) is 10.9 Å². The SMILES string of the molecule is CC(C)CC(C)(CN)NS(=O)(=O)c1cc(Br)cc(C(N)=O)c1.Cl. The van der Waals surface area contributed by atoms with Crippen molar-refractivity contribution in [2.24, 2.45) is 17.4 Å². The highest BCUT2D eigenvalue weighted by Gasteiger charge is 2.30. The van der Waals surface area contributed by atoms with Crippen LogP contribution in [0.4, 0.5) is 0 Å². The molecular weight excluding hydrogens is 406 g/mol. The fourth-order valence-electron chi connectivity index (χ4n) is 2.31. The molecule has 0 heterocycles. The van der Waals surface area contributed by atoms with Gasteiger partial charge in [-0.25, -0.2) is 13.1 Å². The predicted octanol–water partition coefficient (Wildman–Crippen LogP) is 2.01. The summed E-state index contributed by atoms with van der Waals surface area (Å²) in [5, 5.41) is 0. The van der Waals surface area contributed by atoms with Crippen LogP contribution in [0.25, 0.3) is 0 Å². The van der Waals surface area contributed by atoms with Gasteiger partial charge in [-0.05, 0) is 37.5 Å². The van der Waals surface area contributed by atoms with Gasteiger partial charge in [0.05, 0.1) is 4.90 Å². The van der Waals surface area contributed by atoms with E-state index in [1.54, 1.807) is 6.92 Å². The van der Waals surface area contributed by atoms with Gasteiger partial charge in [0.2, 0.25) is 15.9 Å². The molecule has 1 unspecified atom stereocenters. The molecule has 0 aliphatic heterocycles. The fourth-order valence-corrected chi connectivity index (χ4v) is 4.45. The lowest BCUT2D eigenvalue weighted by Crippen LogP contribution is -2.52. The number of rotatable bonds is 7. The minimum absolute atomic E-state index is 0. The zero-order valence-electron chi connectivity index (χ0n) is 13.3. The van der Waals surface area contributed by atoms with E-state index in [1.807, 2.05) is 13.8 Å². The second kappa shape index (κ2) is 8.43. The molecule has 6 nitrogen and oxygen atoms in total. The highest BCUT2D eigenvalue weighted by molar-refractivity contribution is 9.10. The summed E-state index contributed by atoms with van der Waals surface area (Å²) >= 11 is 3.19. The number of nitrogens with two attached hydrogens (primary N) is 2. The Balaban J connectivity index is 0.00000484. The fraction of sp³-hybridized carbons (Fsp3) is 0.500. The summed E-state index contributed by atoms with van der Waals surface area (Å²) in [6.07, 6.45) is 0.597. The lowest BCUT2D eigenvalue weighted by molar-refractivity contribution is 0.1000. The molecule has 23 heavy (non-hydrogen) atoms. The Labute approximate surface area is 152 Å². The van der Waals surface area contributed by atoms with E-state index in [1.165, 1.54) is 18.2 Å². The number of hydrogen-bond donors (Lipinski definition) is 3. The van der Waals surface area contributed by atoms with Gasteiger partial charge < -0.3 is 11.5 Å². The number of carbonyl (C=O) groups excluding carboxylic acids is 1. The van der Waals surface area contributed by atoms with Crippen molar-refractivity contribution in [3.63, 3.8) is 0 Å². The molecule has 1 amide bonds. The topological polar surface area (TPSA) is 115 Å². The molecule has 1 atom stereocenters. The van der Waals surface area contributed by atoms with Crippen LogP contribution in [0.15, 0.2) is 27.6 Å². The highest BCUT2D eigenvalue weighted by Crippen LogP contribution is 2.23. The first kappa shape index (κ1) is 22.3. The first-order chi connectivity index (χ1) is 9.99. The molecule has 0 saturated heterocycles. The lowest BCUT2D eigenvalue weighted by Gasteiger charge is -2.30. The van der Waals surface area contributed by atoms with Gasteiger partial charge in [-0.3, -0.25) is 4.79 Å². The molecule has 0 aliphatic carbocycles. The summed E-state index contributed by atoms with van der Waals surface area (Å²) in [4.78, 5) is 11.3. The maximum atomic E-state index is 12.6. The number of hydrogen-bond acceptors (Lipinski definition) is 4. The molecule has 0 aromatic heterocycles. The molecule has 1 aromatic carbocycles. The second-order valence-corrected chi connectivity index (χ2v) is 8.61. The van der Waals surface area contributed by atoms with Crippen LogP contribution in [-0.4, -0.2) is 26.4 Å². The first-order valence-corrected chi connectivity index (χ1v) is 9.11. The van der Waals surface area contributed by atoms with Crippen molar-refractivity contribution in [1.29, 1.82) is 0 Å². The monoisotopic (exact) mass is 427 g/mol. The summed E-state index contributed by atoms with van der Waals surface area (Å²) < 4.78 is 28.2. The van der Waals surface area contributed by atoms with Gasteiger partial charge in [0.25, 0.3) is 0 Å². The van der Waals surface area contributed by atoms with Crippen molar-refractivity contribution >= 4 is 44.3 Å². The average Bonchev–Trinajstić information content (AvgIpc) is 2.36. The number of nitrogens with one attached hydrogen (secondary N) is 1. The summed E-state index contributed by atoms with van der Waals surface area (Å²) in [6, 6.07) is 4.14. The molecule has 0 saturated carbocycles. The van der Waals surface area contributed by atoms with Gasteiger partial charge >= 0.3 is 0 Å². The van der Waals surface area contributed by atoms with Gasteiger partial charge in [-0.15, -0.1) is 12.4 Å². The molecule has 1 rings (SSSR count). The third-order valence-electron chi connectivity index (χ3n) is 3.16. The van der Waals surface area contributed by atoms with Gasteiger partial charge in [0.1, 0.15) is 0 Å². The molecule has 5 N–H and O–H groups in total. The third kappa shape index (κ3) is 6.39. The Morgan fingerprint density at radius 3 is 2.35 bits per heavy atom. The number of halogens is 2. The molecule has 1 aromatic rings. The van der Waals surface area contributed by atoms with E-state index in [4.69, 9.17) is 11.5 Å². The van der Waals surface area contributed by atoms with E-state index in [9.17, 15) is 13.2 Å². The summed E-state index contributed by atoms with van der Waals surface area (Å²) in [6.45, 7) is 5.91. The Morgan fingerprint density at radius 2 is 1.91 bits per heavy atom. The first-order valence-electron chi connectivity index (χ1n) is 6.83. The highest BCUT2D eigenvalue weighted by atomic mass is 79.9. The Hall–Kier alpha value is -0.670. The zero-order valence-corrected chi connectivity index (χ0v) is 16.5. The van der Waals surface area contributed by atoms with Crippen LogP contribution < -0.4 is 16.2 Å². The van der Waals surface area contributed by atoms with Crippen molar-refractivity contribution in [3.05, 3.63) is 28.2 Å². The standard InChI is InChI=1S/C14H22BrN3O3S.ClH/c1-9(2)7-14(3,8-16)18-22(20,21)12-5-10(13(17)19)4-11(15)6-12;/h4-6,9,18H,7-8,16H2,1-3H3,(H2,17,19);1H. The molecular formula is C14H23BrClN3O3S. The zero-order chi connectivity index (χ0) is 17.1. The largest absolute Gasteiger partial charge is 0.366 e. The molecule has 132 valence electrons. The molecule has 9 heteroatoms. The van der Waals surface area contributed by atoms with Crippen LogP contribution in [0, 0.1) is 5.92 Å². The molecule has 0 fully saturated rings. The van der Waals surface area contributed by atoms with Crippen LogP contribution >= 0.6 is 28.3 Å². The van der Waals surface area contributed by atoms with E-state index in [-0.39, 0.29) is 35.3 Å². The van der Waals surface area contributed by atoms with Gasteiger partial charge in [-0.1, -0.05) is 29.8 Å². The molecule has 0 aliphatic rings. The van der Waals surface area contributed by atoms with Crippen molar-refractivity contribution < 1.29 is 13.2 Å². The second-order valence-electron chi connectivity index (χ2n) is 6.01. The molecule has 0 spiro atoms. The van der Waals surface area contributed by atoms with Crippen LogP contribution in [0.3, 0.4) is 0 Å². The van der Waals surface area contributed by atoms with Crippen molar-refractivity contribution in [1.82, 2.24) is 4.72 Å². The third-order valence-corrected chi connectivity index (χ3v) is 5.23. The predicted molar refractivity (Wildman–Crippen MR) is 97.1 cm³/mol. The van der Waals surface area contributed by atoms with E-state index < -0.39 is 21.5 Å². The Bertz CT molecular complexity index is 667.